The molecule has 72 valence electrons. The van der Waals surface area contributed by atoms with Crippen molar-refractivity contribution in [3.8, 4) is 5.75 Å². The number of hydrogen-bond acceptors (Lipinski definition) is 2. The van der Waals surface area contributed by atoms with Gasteiger partial charge in [-0.25, -0.2) is 0 Å². The fourth-order valence-electron chi connectivity index (χ4n) is 0.933. The van der Waals surface area contributed by atoms with E-state index < -0.39 is 0 Å². The highest BCUT2D eigenvalue weighted by molar-refractivity contribution is 6.30. The van der Waals surface area contributed by atoms with Crippen molar-refractivity contribution in [3.63, 3.8) is 0 Å². The summed E-state index contributed by atoms with van der Waals surface area (Å²) in [5.74, 6) is 0.510. The van der Waals surface area contributed by atoms with E-state index in [9.17, 15) is 4.79 Å². The maximum atomic E-state index is 10.6. The summed E-state index contributed by atoms with van der Waals surface area (Å²) in [6, 6.07) is 4.88. The fraction of sp³-hybridized carbons (Fsp3) is 0.0909. The van der Waals surface area contributed by atoms with E-state index in [4.69, 9.17) is 16.3 Å². The quantitative estimate of drug-likeness (QED) is 0.562. The average molecular weight is 209 g/mol. The Bertz CT molecular complexity index is 379. The lowest BCUT2D eigenvalue weighted by Gasteiger charge is -2.05. The van der Waals surface area contributed by atoms with Crippen molar-refractivity contribution >= 4 is 17.9 Å². The predicted molar refractivity (Wildman–Crippen MR) is 56.0 cm³/mol. The number of ether oxygens (including phenoxy) is 1. The van der Waals surface area contributed by atoms with Crippen LogP contribution in [0.1, 0.15) is 10.4 Å². The van der Waals surface area contributed by atoms with Crippen molar-refractivity contribution in [3.05, 3.63) is 47.2 Å². The van der Waals surface area contributed by atoms with Crippen LogP contribution < -0.4 is 4.74 Å². The highest BCUT2D eigenvalue weighted by Gasteiger charge is 2.02. The average Bonchev–Trinajstić information content (AvgIpc) is 2.20. The Hall–Kier alpha value is -1.50. The maximum absolute atomic E-state index is 10.6. The second-order valence-corrected chi connectivity index (χ2v) is 2.96. The smallest absolute Gasteiger partial charge is 0.153 e. The standard InChI is InChI=1S/C11H9ClO2/c1-2-3-6-14-11-5-4-10(12)7-9(11)8-13/h3-5,7-8H,1,6H2. The van der Waals surface area contributed by atoms with Gasteiger partial charge in [0.15, 0.2) is 6.29 Å². The van der Waals surface area contributed by atoms with Gasteiger partial charge in [0.1, 0.15) is 12.4 Å². The molecule has 3 heteroatoms. The molecule has 1 aromatic rings. The minimum Gasteiger partial charge on any atom is -0.488 e. The van der Waals surface area contributed by atoms with Crippen LogP contribution in [0, 0.1) is 0 Å². The molecule has 0 unspecified atom stereocenters. The molecule has 2 nitrogen and oxygen atoms in total. The van der Waals surface area contributed by atoms with Crippen LogP contribution in [0.2, 0.25) is 5.02 Å². The van der Waals surface area contributed by atoms with Crippen molar-refractivity contribution in [2.24, 2.45) is 0 Å². The number of carbonyl (C=O) groups is 1. The topological polar surface area (TPSA) is 26.3 Å². The summed E-state index contributed by atoms with van der Waals surface area (Å²) in [5.41, 5.74) is 3.01. The number of halogens is 1. The van der Waals surface area contributed by atoms with E-state index in [-0.39, 0.29) is 0 Å². The van der Waals surface area contributed by atoms with Crippen LogP contribution in [0.15, 0.2) is 36.6 Å². The van der Waals surface area contributed by atoms with Gasteiger partial charge >= 0.3 is 0 Å². The highest BCUT2D eigenvalue weighted by atomic mass is 35.5. The number of hydrogen-bond donors (Lipinski definition) is 0. The van der Waals surface area contributed by atoms with Gasteiger partial charge in [-0.05, 0) is 24.3 Å². The number of rotatable bonds is 4. The van der Waals surface area contributed by atoms with Gasteiger partial charge in [0.05, 0.1) is 5.56 Å². The van der Waals surface area contributed by atoms with Crippen molar-refractivity contribution in [1.29, 1.82) is 0 Å². The Balaban J connectivity index is 2.84. The van der Waals surface area contributed by atoms with E-state index in [0.717, 1.165) is 0 Å². The van der Waals surface area contributed by atoms with E-state index in [2.05, 4.69) is 12.3 Å². The van der Waals surface area contributed by atoms with E-state index >= 15 is 0 Å². The molecular weight excluding hydrogens is 200 g/mol. The third-order valence-electron chi connectivity index (χ3n) is 1.57. The molecule has 0 aliphatic heterocycles. The first-order valence-electron chi connectivity index (χ1n) is 3.99. The summed E-state index contributed by atoms with van der Waals surface area (Å²) in [6.45, 7) is 3.74. The molecule has 1 rings (SSSR count). The first kappa shape index (κ1) is 10.6. The second-order valence-electron chi connectivity index (χ2n) is 2.52. The fourth-order valence-corrected chi connectivity index (χ4v) is 1.11. The molecule has 0 saturated carbocycles. The van der Waals surface area contributed by atoms with E-state index in [0.29, 0.717) is 29.2 Å². The van der Waals surface area contributed by atoms with Crippen LogP contribution in [0.5, 0.6) is 5.75 Å². The molecule has 0 aliphatic rings. The van der Waals surface area contributed by atoms with Gasteiger partial charge in [0, 0.05) is 5.02 Å². The van der Waals surface area contributed by atoms with Gasteiger partial charge in [-0.3, -0.25) is 4.79 Å². The van der Waals surface area contributed by atoms with Crippen LogP contribution in [-0.2, 0) is 0 Å². The molecule has 0 amide bonds. The lowest BCUT2D eigenvalue weighted by molar-refractivity contribution is 0.112. The Labute approximate surface area is 87.5 Å². The molecule has 0 atom stereocenters. The molecule has 0 heterocycles. The minimum atomic E-state index is 0.339. The van der Waals surface area contributed by atoms with Crippen LogP contribution in [0.3, 0.4) is 0 Å². The van der Waals surface area contributed by atoms with Crippen molar-refractivity contribution in [2.75, 3.05) is 6.61 Å². The van der Waals surface area contributed by atoms with Crippen LogP contribution in [0.25, 0.3) is 0 Å². The number of carbonyl (C=O) groups excluding carboxylic acids is 1. The van der Waals surface area contributed by atoms with Gasteiger partial charge < -0.3 is 4.74 Å². The molecule has 14 heavy (non-hydrogen) atoms. The molecule has 0 radical (unpaired) electrons. The van der Waals surface area contributed by atoms with Gasteiger partial charge in [-0.15, -0.1) is 5.73 Å². The van der Waals surface area contributed by atoms with E-state index in [1.807, 2.05) is 0 Å². The normalized spacial score (nSPS) is 8.93. The Morgan fingerprint density at radius 1 is 1.57 bits per heavy atom. The lowest BCUT2D eigenvalue weighted by atomic mass is 10.2. The predicted octanol–water partition coefficient (Wildman–Crippen LogP) is 2.87. The Kier molecular flexibility index (Phi) is 3.99. The van der Waals surface area contributed by atoms with Gasteiger partial charge in [-0.1, -0.05) is 18.2 Å². The molecule has 0 saturated heterocycles. The first-order valence-corrected chi connectivity index (χ1v) is 4.37. The molecule has 0 bridgehead atoms. The third-order valence-corrected chi connectivity index (χ3v) is 1.80. The summed E-state index contributed by atoms with van der Waals surface area (Å²) in [7, 11) is 0. The zero-order valence-electron chi connectivity index (χ0n) is 7.50. The van der Waals surface area contributed by atoms with E-state index in [1.165, 1.54) is 0 Å². The Morgan fingerprint density at radius 2 is 2.36 bits per heavy atom. The Morgan fingerprint density at radius 3 is 3.00 bits per heavy atom. The summed E-state index contributed by atoms with van der Waals surface area (Å²) < 4.78 is 5.28. The molecule has 0 fully saturated rings. The molecule has 0 aromatic heterocycles. The van der Waals surface area contributed by atoms with Crippen LogP contribution in [0.4, 0.5) is 0 Å². The van der Waals surface area contributed by atoms with Crippen LogP contribution >= 0.6 is 11.6 Å². The number of aldehydes is 1. The van der Waals surface area contributed by atoms with Crippen molar-refractivity contribution in [1.82, 2.24) is 0 Å². The number of benzene rings is 1. The maximum Gasteiger partial charge on any atom is 0.153 e. The first-order chi connectivity index (χ1) is 6.77. The van der Waals surface area contributed by atoms with Gasteiger partial charge in [0.25, 0.3) is 0 Å². The molecule has 1 aromatic carbocycles. The summed E-state index contributed by atoms with van der Waals surface area (Å²) >= 11 is 5.71. The monoisotopic (exact) mass is 208 g/mol. The second kappa shape index (κ2) is 5.28. The molecule has 0 spiro atoms. The highest BCUT2D eigenvalue weighted by Crippen LogP contribution is 2.21. The zero-order chi connectivity index (χ0) is 10.4. The molecule has 0 N–H and O–H groups in total. The largest absolute Gasteiger partial charge is 0.488 e. The van der Waals surface area contributed by atoms with Gasteiger partial charge in [0.2, 0.25) is 0 Å². The van der Waals surface area contributed by atoms with Crippen molar-refractivity contribution in [2.45, 2.75) is 0 Å². The summed E-state index contributed by atoms with van der Waals surface area (Å²) in [5, 5.41) is 0.513. The van der Waals surface area contributed by atoms with Gasteiger partial charge in [-0.2, -0.15) is 0 Å². The molecular formula is C11H9ClO2. The van der Waals surface area contributed by atoms with Crippen LogP contribution in [-0.4, -0.2) is 12.9 Å². The SMILES string of the molecule is C=C=CCOc1ccc(Cl)cc1C=O. The minimum absolute atomic E-state index is 0.339. The zero-order valence-corrected chi connectivity index (χ0v) is 8.25. The summed E-state index contributed by atoms with van der Waals surface area (Å²) in [6.07, 6.45) is 2.34. The summed E-state index contributed by atoms with van der Waals surface area (Å²) in [4.78, 5) is 10.6. The lowest BCUT2D eigenvalue weighted by Crippen LogP contribution is -1.96. The third kappa shape index (κ3) is 2.77. The van der Waals surface area contributed by atoms with Crippen molar-refractivity contribution < 1.29 is 9.53 Å². The molecule has 0 aliphatic carbocycles. The van der Waals surface area contributed by atoms with E-state index in [1.54, 1.807) is 24.3 Å².